The highest BCUT2D eigenvalue weighted by atomic mass is 35.5. The molecule has 1 saturated carbocycles. The summed E-state index contributed by atoms with van der Waals surface area (Å²) in [6.45, 7) is 5.27. The number of aryl methyl sites for hydroxylation is 1. The lowest BCUT2D eigenvalue weighted by Crippen LogP contribution is -2.16. The lowest BCUT2D eigenvalue weighted by molar-refractivity contribution is 0.319. The first kappa shape index (κ1) is 13.9. The first-order chi connectivity index (χ1) is 9.66. The molecule has 0 N–H and O–H groups in total. The van der Waals surface area contributed by atoms with Gasteiger partial charge in [0.2, 0.25) is 0 Å². The van der Waals surface area contributed by atoms with Gasteiger partial charge in [-0.25, -0.2) is 4.98 Å². The van der Waals surface area contributed by atoms with E-state index < -0.39 is 0 Å². The Morgan fingerprint density at radius 2 is 2.05 bits per heavy atom. The van der Waals surface area contributed by atoms with Crippen LogP contribution in [-0.2, 0) is 6.54 Å². The molecule has 0 spiro atoms. The molecule has 0 aliphatic heterocycles. The van der Waals surface area contributed by atoms with Crippen molar-refractivity contribution in [2.24, 2.45) is 5.92 Å². The van der Waals surface area contributed by atoms with Crippen LogP contribution in [0.5, 0.6) is 0 Å². The summed E-state index contributed by atoms with van der Waals surface area (Å²) in [5.74, 6) is 1.82. The van der Waals surface area contributed by atoms with Crippen molar-refractivity contribution in [1.29, 1.82) is 0 Å². The monoisotopic (exact) mass is 290 g/mol. The number of fused-ring (bicyclic) bond motifs is 1. The Balaban J connectivity index is 2.03. The summed E-state index contributed by atoms with van der Waals surface area (Å²) in [5, 5.41) is -0.0367. The second kappa shape index (κ2) is 5.77. The van der Waals surface area contributed by atoms with Crippen LogP contribution in [0.4, 0.5) is 0 Å². The minimum Gasteiger partial charge on any atom is -0.326 e. The second-order valence-electron chi connectivity index (χ2n) is 6.14. The van der Waals surface area contributed by atoms with E-state index in [9.17, 15) is 0 Å². The van der Waals surface area contributed by atoms with E-state index in [2.05, 4.69) is 29.7 Å². The molecule has 1 aromatic heterocycles. The van der Waals surface area contributed by atoms with E-state index in [1.54, 1.807) is 0 Å². The van der Waals surface area contributed by atoms with E-state index >= 15 is 0 Å². The first-order valence-corrected chi connectivity index (χ1v) is 8.20. The van der Waals surface area contributed by atoms with Gasteiger partial charge >= 0.3 is 0 Å². The summed E-state index contributed by atoms with van der Waals surface area (Å²) in [4.78, 5) is 4.77. The molecular weight excluding hydrogens is 268 g/mol. The van der Waals surface area contributed by atoms with Crippen molar-refractivity contribution < 1.29 is 0 Å². The maximum absolute atomic E-state index is 6.37. The Bertz CT molecular complexity index is 594. The third kappa shape index (κ3) is 2.58. The minimum absolute atomic E-state index is 0.0367. The highest BCUT2D eigenvalue weighted by molar-refractivity contribution is 6.20. The molecule has 0 saturated heterocycles. The Labute approximate surface area is 126 Å². The summed E-state index contributed by atoms with van der Waals surface area (Å²) >= 11 is 6.37. The average molecular weight is 291 g/mol. The molecule has 0 radical (unpaired) electrons. The number of halogens is 1. The number of hydrogen-bond donors (Lipinski definition) is 0. The van der Waals surface area contributed by atoms with Crippen molar-refractivity contribution in [2.45, 2.75) is 57.9 Å². The second-order valence-corrected chi connectivity index (χ2v) is 6.80. The predicted molar refractivity (Wildman–Crippen MR) is 85.3 cm³/mol. The Kier molecular flexibility index (Phi) is 4.02. The Hall–Kier alpha value is -1.02. The van der Waals surface area contributed by atoms with Crippen molar-refractivity contribution in [3.8, 4) is 0 Å². The fourth-order valence-electron chi connectivity index (χ4n) is 3.50. The summed E-state index contributed by atoms with van der Waals surface area (Å²) in [5.41, 5.74) is 3.67. The lowest BCUT2D eigenvalue weighted by atomic mass is 9.89. The quantitative estimate of drug-likeness (QED) is 0.708. The van der Waals surface area contributed by atoms with E-state index in [0.717, 1.165) is 23.8 Å². The fourth-order valence-corrected chi connectivity index (χ4v) is 3.67. The van der Waals surface area contributed by atoms with Gasteiger partial charge in [0.25, 0.3) is 0 Å². The molecular formula is C17H23ClN2. The zero-order chi connectivity index (χ0) is 14.1. The van der Waals surface area contributed by atoms with Crippen LogP contribution in [0.3, 0.4) is 0 Å². The third-order valence-electron chi connectivity index (χ3n) is 4.52. The first-order valence-electron chi connectivity index (χ1n) is 7.76. The fraction of sp³-hybridized carbons (Fsp3) is 0.588. The van der Waals surface area contributed by atoms with E-state index in [1.165, 1.54) is 43.2 Å². The van der Waals surface area contributed by atoms with Gasteiger partial charge in [0.05, 0.1) is 16.4 Å². The van der Waals surface area contributed by atoms with Gasteiger partial charge in [-0.15, -0.1) is 11.6 Å². The Morgan fingerprint density at radius 1 is 1.30 bits per heavy atom. The van der Waals surface area contributed by atoms with Crippen LogP contribution in [0, 0.1) is 12.8 Å². The van der Waals surface area contributed by atoms with Crippen LogP contribution >= 0.6 is 11.6 Å². The van der Waals surface area contributed by atoms with E-state index in [4.69, 9.17) is 16.6 Å². The third-order valence-corrected chi connectivity index (χ3v) is 4.71. The summed E-state index contributed by atoms with van der Waals surface area (Å²) in [7, 11) is 0. The molecule has 0 amide bonds. The van der Waals surface area contributed by atoms with Crippen molar-refractivity contribution in [3.05, 3.63) is 29.6 Å². The molecule has 2 aromatic rings. The molecule has 108 valence electrons. The maximum Gasteiger partial charge on any atom is 0.127 e. The number of hydrogen-bond acceptors (Lipinski definition) is 1. The van der Waals surface area contributed by atoms with Crippen LogP contribution in [0.1, 0.15) is 55.8 Å². The van der Waals surface area contributed by atoms with Crippen LogP contribution in [0.2, 0.25) is 0 Å². The van der Waals surface area contributed by atoms with Crippen LogP contribution in [0.25, 0.3) is 11.0 Å². The molecule has 3 heteroatoms. The average Bonchev–Trinajstić information content (AvgIpc) is 2.80. The molecule has 3 rings (SSSR count). The van der Waals surface area contributed by atoms with Crippen molar-refractivity contribution in [2.75, 3.05) is 0 Å². The predicted octanol–water partition coefficient (Wildman–Crippen LogP) is 5.22. The van der Waals surface area contributed by atoms with Gasteiger partial charge in [-0.3, -0.25) is 0 Å². The molecule has 1 fully saturated rings. The molecule has 20 heavy (non-hydrogen) atoms. The van der Waals surface area contributed by atoms with Gasteiger partial charge in [0.15, 0.2) is 0 Å². The van der Waals surface area contributed by atoms with Gasteiger partial charge in [-0.05, 0) is 44.2 Å². The Morgan fingerprint density at radius 3 is 2.75 bits per heavy atom. The zero-order valence-corrected chi connectivity index (χ0v) is 13.2. The van der Waals surface area contributed by atoms with E-state index in [0.29, 0.717) is 0 Å². The number of nitrogens with zero attached hydrogens (tertiary/aromatic N) is 2. The van der Waals surface area contributed by atoms with Gasteiger partial charge in [0, 0.05) is 6.54 Å². The largest absolute Gasteiger partial charge is 0.326 e. The van der Waals surface area contributed by atoms with E-state index in [1.807, 2.05) is 6.92 Å². The van der Waals surface area contributed by atoms with Gasteiger partial charge in [-0.2, -0.15) is 0 Å². The number of para-hydroxylation sites is 1. The summed E-state index contributed by atoms with van der Waals surface area (Å²) in [6.07, 6.45) is 6.85. The molecule has 0 bridgehead atoms. The molecule has 1 atom stereocenters. The standard InChI is InChI=1S/C17H23ClN2/c1-12-7-6-10-15-16(12)20(17(19-15)13(2)18)11-14-8-4-3-5-9-14/h6-7,10,13-14H,3-5,8-9,11H2,1-2H3. The molecule has 1 heterocycles. The molecule has 2 nitrogen and oxygen atoms in total. The van der Waals surface area contributed by atoms with Crippen LogP contribution < -0.4 is 0 Å². The normalized spacial score (nSPS) is 18.6. The number of imidazole rings is 1. The zero-order valence-electron chi connectivity index (χ0n) is 12.4. The number of rotatable bonds is 3. The topological polar surface area (TPSA) is 17.8 Å². The molecule has 1 aliphatic rings. The number of benzene rings is 1. The summed E-state index contributed by atoms with van der Waals surface area (Å²) in [6, 6.07) is 6.35. The van der Waals surface area contributed by atoms with Crippen molar-refractivity contribution in [3.63, 3.8) is 0 Å². The SMILES string of the molecule is Cc1cccc2nc(C(C)Cl)n(CC3CCCCC3)c12. The summed E-state index contributed by atoms with van der Waals surface area (Å²) < 4.78 is 2.39. The lowest BCUT2D eigenvalue weighted by Gasteiger charge is -2.24. The van der Waals surface area contributed by atoms with Gasteiger partial charge in [0.1, 0.15) is 5.82 Å². The van der Waals surface area contributed by atoms with E-state index in [-0.39, 0.29) is 5.38 Å². The number of aromatic nitrogens is 2. The highest BCUT2D eigenvalue weighted by Crippen LogP contribution is 2.31. The molecule has 1 unspecified atom stereocenters. The van der Waals surface area contributed by atoms with Crippen molar-refractivity contribution >= 4 is 22.6 Å². The van der Waals surface area contributed by atoms with Crippen LogP contribution in [0.15, 0.2) is 18.2 Å². The van der Waals surface area contributed by atoms with Crippen molar-refractivity contribution in [1.82, 2.24) is 9.55 Å². The smallest absolute Gasteiger partial charge is 0.127 e. The van der Waals surface area contributed by atoms with Crippen LogP contribution in [-0.4, -0.2) is 9.55 Å². The van der Waals surface area contributed by atoms with Gasteiger partial charge in [-0.1, -0.05) is 31.4 Å². The molecule has 1 aromatic carbocycles. The van der Waals surface area contributed by atoms with Gasteiger partial charge < -0.3 is 4.57 Å². The maximum atomic E-state index is 6.37. The molecule has 1 aliphatic carbocycles. The minimum atomic E-state index is -0.0367. The number of alkyl halides is 1. The highest BCUT2D eigenvalue weighted by Gasteiger charge is 2.20.